The van der Waals surface area contributed by atoms with Crippen molar-refractivity contribution in [3.8, 4) is 0 Å². The number of nitrogens with zero attached hydrogens (tertiary/aromatic N) is 2. The van der Waals surface area contributed by atoms with Crippen LogP contribution in [-0.4, -0.2) is 25.8 Å². The molecule has 0 aliphatic heterocycles. The fraction of sp³-hybridized carbons (Fsp3) is 0.167. The summed E-state index contributed by atoms with van der Waals surface area (Å²) in [7, 11) is 0. The molecule has 4 aromatic rings. The number of para-hydroxylation sites is 2. The largest absolute Gasteiger partial charge is 0.449 e. The van der Waals surface area contributed by atoms with Gasteiger partial charge in [-0.1, -0.05) is 12.1 Å². The van der Waals surface area contributed by atoms with Crippen LogP contribution in [0.25, 0.3) is 22.1 Å². The van der Waals surface area contributed by atoms with E-state index >= 15 is 0 Å². The van der Waals surface area contributed by atoms with E-state index in [0.29, 0.717) is 5.82 Å². The number of benzene rings is 2. The fourth-order valence-electron chi connectivity index (χ4n) is 2.81. The average molecular weight is 373 g/mol. The lowest BCUT2D eigenvalue weighted by Crippen LogP contribution is -2.27. The van der Waals surface area contributed by atoms with Crippen molar-refractivity contribution in [3.05, 3.63) is 59.7 Å². The Morgan fingerprint density at radius 2 is 1.78 bits per heavy atom. The number of nitrogens with one attached hydrogen (secondary N) is 3. The molecule has 0 spiro atoms. The second-order valence-corrected chi connectivity index (χ2v) is 6.15. The number of aromatic nitrogens is 4. The minimum atomic E-state index is -4.57. The number of halogens is 3. The Morgan fingerprint density at radius 3 is 2.52 bits per heavy atom. The van der Waals surface area contributed by atoms with E-state index in [1.54, 1.807) is 6.92 Å². The number of carbonyl (C=O) groups is 1. The summed E-state index contributed by atoms with van der Waals surface area (Å²) in [5.74, 6) is -0.926. The zero-order chi connectivity index (χ0) is 19.2. The summed E-state index contributed by atoms with van der Waals surface area (Å²) in [4.78, 5) is 25.7. The van der Waals surface area contributed by atoms with E-state index in [-0.39, 0.29) is 16.6 Å². The Bertz CT molecular complexity index is 1110. The highest BCUT2D eigenvalue weighted by Gasteiger charge is 2.34. The molecule has 138 valence electrons. The molecular formula is C18H14F3N5O. The number of H-pyrrole nitrogens is 2. The SMILES string of the molecule is C[C@@H](NC(=O)c1ccc2nc(C(F)(F)F)[nH]c2c1)c1nc2ccccc2[nH]1. The van der Waals surface area contributed by atoms with E-state index in [4.69, 9.17) is 0 Å². The van der Waals surface area contributed by atoms with E-state index in [1.807, 2.05) is 24.3 Å². The molecule has 0 saturated carbocycles. The van der Waals surface area contributed by atoms with Crippen molar-refractivity contribution in [2.75, 3.05) is 0 Å². The molecule has 1 atom stereocenters. The van der Waals surface area contributed by atoms with Gasteiger partial charge < -0.3 is 15.3 Å². The second-order valence-electron chi connectivity index (χ2n) is 6.15. The lowest BCUT2D eigenvalue weighted by Gasteiger charge is -2.11. The number of aromatic amines is 2. The lowest BCUT2D eigenvalue weighted by atomic mass is 10.1. The molecule has 0 radical (unpaired) electrons. The number of rotatable bonds is 3. The Hall–Kier alpha value is -3.36. The van der Waals surface area contributed by atoms with Gasteiger partial charge in [0.25, 0.3) is 5.91 Å². The maximum absolute atomic E-state index is 12.7. The van der Waals surface area contributed by atoms with Gasteiger partial charge in [-0.3, -0.25) is 4.79 Å². The number of imidazole rings is 2. The third-order valence-electron chi connectivity index (χ3n) is 4.18. The zero-order valence-corrected chi connectivity index (χ0v) is 14.1. The molecule has 0 unspecified atom stereocenters. The smallest absolute Gasteiger partial charge is 0.342 e. The Morgan fingerprint density at radius 1 is 1.04 bits per heavy atom. The van der Waals surface area contributed by atoms with Gasteiger partial charge in [0.2, 0.25) is 5.82 Å². The van der Waals surface area contributed by atoms with Gasteiger partial charge in [-0.25, -0.2) is 9.97 Å². The van der Waals surface area contributed by atoms with Gasteiger partial charge in [-0.15, -0.1) is 0 Å². The van der Waals surface area contributed by atoms with Gasteiger partial charge in [-0.2, -0.15) is 13.2 Å². The Kier molecular flexibility index (Phi) is 3.87. The van der Waals surface area contributed by atoms with Crippen LogP contribution in [0.2, 0.25) is 0 Å². The summed E-state index contributed by atoms with van der Waals surface area (Å²) in [5, 5.41) is 2.79. The fourth-order valence-corrected chi connectivity index (χ4v) is 2.81. The van der Waals surface area contributed by atoms with Crippen LogP contribution in [0.15, 0.2) is 42.5 Å². The predicted molar refractivity (Wildman–Crippen MR) is 93.1 cm³/mol. The molecular weight excluding hydrogens is 359 g/mol. The standard InChI is InChI=1S/C18H14F3N5O/c1-9(15-23-11-4-2-3-5-12(11)24-15)22-16(27)10-6-7-13-14(8-10)26-17(25-13)18(19,20)21/h2-9H,1H3,(H,22,27)(H,23,24)(H,25,26)/t9-/m1/s1. The van der Waals surface area contributed by atoms with E-state index in [1.165, 1.54) is 18.2 Å². The van der Waals surface area contributed by atoms with Gasteiger partial charge in [-0.05, 0) is 37.3 Å². The summed E-state index contributed by atoms with van der Waals surface area (Å²) in [5.41, 5.74) is 2.15. The Labute approximate surface area is 150 Å². The number of hydrogen-bond acceptors (Lipinski definition) is 3. The van der Waals surface area contributed by atoms with E-state index < -0.39 is 23.9 Å². The van der Waals surface area contributed by atoms with Crippen LogP contribution in [0, 0.1) is 0 Å². The van der Waals surface area contributed by atoms with E-state index in [2.05, 4.69) is 25.3 Å². The topological polar surface area (TPSA) is 86.5 Å². The molecule has 4 rings (SSSR count). The molecule has 3 N–H and O–H groups in total. The van der Waals surface area contributed by atoms with Crippen molar-refractivity contribution in [2.45, 2.75) is 19.1 Å². The summed E-state index contributed by atoms with van der Waals surface area (Å²) in [6.07, 6.45) is -4.57. The molecule has 0 aliphatic rings. The predicted octanol–water partition coefficient (Wildman–Crippen LogP) is 3.95. The van der Waals surface area contributed by atoms with Gasteiger partial charge >= 0.3 is 6.18 Å². The monoisotopic (exact) mass is 373 g/mol. The average Bonchev–Trinajstić information content (AvgIpc) is 3.24. The minimum absolute atomic E-state index is 0.143. The minimum Gasteiger partial charge on any atom is -0.342 e. The number of hydrogen-bond donors (Lipinski definition) is 3. The Balaban J connectivity index is 1.56. The molecule has 6 nitrogen and oxygen atoms in total. The molecule has 0 saturated heterocycles. The maximum Gasteiger partial charge on any atom is 0.449 e. The van der Waals surface area contributed by atoms with Crippen LogP contribution in [0.3, 0.4) is 0 Å². The van der Waals surface area contributed by atoms with Gasteiger partial charge in [0.1, 0.15) is 5.82 Å². The summed E-state index contributed by atoms with van der Waals surface area (Å²) in [6, 6.07) is 11.2. The van der Waals surface area contributed by atoms with Crippen molar-refractivity contribution < 1.29 is 18.0 Å². The lowest BCUT2D eigenvalue weighted by molar-refractivity contribution is -0.144. The normalized spacial score (nSPS) is 13.2. The number of alkyl halides is 3. The highest BCUT2D eigenvalue weighted by molar-refractivity contribution is 5.97. The molecule has 2 aromatic carbocycles. The summed E-state index contributed by atoms with van der Waals surface area (Å²) >= 11 is 0. The van der Waals surface area contributed by atoms with Crippen molar-refractivity contribution in [1.29, 1.82) is 0 Å². The molecule has 0 bridgehead atoms. The van der Waals surface area contributed by atoms with E-state index in [0.717, 1.165) is 11.0 Å². The highest BCUT2D eigenvalue weighted by Crippen LogP contribution is 2.28. The van der Waals surface area contributed by atoms with E-state index in [9.17, 15) is 18.0 Å². The van der Waals surface area contributed by atoms with Crippen molar-refractivity contribution in [3.63, 3.8) is 0 Å². The van der Waals surface area contributed by atoms with Crippen LogP contribution in [-0.2, 0) is 6.18 Å². The number of carbonyl (C=O) groups excluding carboxylic acids is 1. The summed E-state index contributed by atoms with van der Waals surface area (Å²) in [6.45, 7) is 1.77. The quantitative estimate of drug-likeness (QED) is 0.508. The van der Waals surface area contributed by atoms with Crippen LogP contribution < -0.4 is 5.32 Å². The van der Waals surface area contributed by atoms with Gasteiger partial charge in [0.15, 0.2) is 0 Å². The first-order valence-corrected chi connectivity index (χ1v) is 8.14. The molecule has 0 aliphatic carbocycles. The van der Waals surface area contributed by atoms with Crippen LogP contribution in [0.5, 0.6) is 0 Å². The maximum atomic E-state index is 12.7. The van der Waals surface area contributed by atoms with Crippen molar-refractivity contribution in [1.82, 2.24) is 25.3 Å². The highest BCUT2D eigenvalue weighted by atomic mass is 19.4. The van der Waals surface area contributed by atoms with Crippen molar-refractivity contribution >= 4 is 28.0 Å². The molecule has 2 aromatic heterocycles. The van der Waals surface area contributed by atoms with Crippen molar-refractivity contribution in [2.24, 2.45) is 0 Å². The van der Waals surface area contributed by atoms with Crippen LogP contribution in [0.4, 0.5) is 13.2 Å². The first-order chi connectivity index (χ1) is 12.8. The summed E-state index contributed by atoms with van der Waals surface area (Å²) < 4.78 is 38.2. The first-order valence-electron chi connectivity index (χ1n) is 8.14. The third-order valence-corrected chi connectivity index (χ3v) is 4.18. The van der Waals surface area contributed by atoms with Gasteiger partial charge in [0, 0.05) is 5.56 Å². The molecule has 27 heavy (non-hydrogen) atoms. The van der Waals surface area contributed by atoms with Crippen LogP contribution >= 0.6 is 0 Å². The molecule has 0 fully saturated rings. The third kappa shape index (κ3) is 3.23. The number of fused-ring (bicyclic) bond motifs is 2. The molecule has 1 amide bonds. The second kappa shape index (κ2) is 6.11. The first kappa shape index (κ1) is 17.1. The molecule has 9 heteroatoms. The zero-order valence-electron chi connectivity index (χ0n) is 14.1. The number of amides is 1. The van der Waals surface area contributed by atoms with Gasteiger partial charge in [0.05, 0.1) is 28.1 Å². The van der Waals surface area contributed by atoms with Crippen LogP contribution in [0.1, 0.15) is 35.0 Å². The molecule has 2 heterocycles.